The summed E-state index contributed by atoms with van der Waals surface area (Å²) in [4.78, 5) is 66.1. The van der Waals surface area contributed by atoms with Crippen molar-refractivity contribution in [2.75, 3.05) is 92.5 Å². The Hall–Kier alpha value is -5.51. The van der Waals surface area contributed by atoms with Crippen LogP contribution < -0.4 is 31.1 Å². The van der Waals surface area contributed by atoms with Gasteiger partial charge in [-0.05, 0) is 112 Å². The first-order valence-electron chi connectivity index (χ1n) is 20.5. The number of hydrogen-bond donors (Lipinski definition) is 3. The molecule has 8 rings (SSSR count). The lowest BCUT2D eigenvalue weighted by atomic mass is 9.88. The molecular weight excluding hydrogens is 725 g/mol. The van der Waals surface area contributed by atoms with E-state index < -0.39 is 5.91 Å². The largest absolute Gasteiger partial charge is 0.372 e. The number of benzene rings is 2. The fraction of sp³-hybridized carbons (Fsp3) is 0.537. The number of carbonyl (C=O) groups is 4. The van der Waals surface area contributed by atoms with E-state index in [0.29, 0.717) is 43.8 Å². The molecule has 6 heterocycles. The molecule has 1 atom stereocenters. The predicted octanol–water partition coefficient (Wildman–Crippen LogP) is 3.90. The van der Waals surface area contributed by atoms with Crippen LogP contribution in [0.15, 0.2) is 42.5 Å². The Labute approximate surface area is 333 Å². The fourth-order valence-corrected chi connectivity index (χ4v) is 9.20. The molecule has 6 amide bonds. The van der Waals surface area contributed by atoms with Crippen LogP contribution in [0, 0.1) is 12.8 Å². The molecule has 0 unspecified atom stereocenters. The number of nitrogens with one attached hydrogen (secondary N) is 2. The van der Waals surface area contributed by atoms with Gasteiger partial charge in [0.05, 0.1) is 6.04 Å². The van der Waals surface area contributed by atoms with E-state index in [1.54, 1.807) is 9.80 Å². The lowest BCUT2D eigenvalue weighted by Gasteiger charge is -2.38. The van der Waals surface area contributed by atoms with Gasteiger partial charge in [0.2, 0.25) is 11.9 Å². The number of imide groups is 1. The molecule has 4 N–H and O–H groups in total. The molecule has 0 saturated carbocycles. The summed E-state index contributed by atoms with van der Waals surface area (Å²) in [6.45, 7) is 10.6. The number of likely N-dealkylation sites (N-methyl/N-ethyl adjacent to an activating group) is 1. The molecule has 5 aliphatic rings. The molecule has 16 nitrogen and oxygen atoms in total. The van der Waals surface area contributed by atoms with Crippen molar-refractivity contribution < 1.29 is 19.2 Å². The van der Waals surface area contributed by atoms with Gasteiger partial charge in [-0.1, -0.05) is 12.1 Å². The molecule has 1 aromatic heterocycles. The number of hydrogen-bond acceptors (Lipinski definition) is 11. The second kappa shape index (κ2) is 16.5. The summed E-state index contributed by atoms with van der Waals surface area (Å²) in [5.41, 5.74) is 10.8. The van der Waals surface area contributed by atoms with E-state index >= 15 is 0 Å². The second-order valence-corrected chi connectivity index (χ2v) is 16.3. The summed E-state index contributed by atoms with van der Waals surface area (Å²) < 4.78 is 0. The first-order valence-corrected chi connectivity index (χ1v) is 20.5. The zero-order valence-electron chi connectivity index (χ0n) is 33.0. The second-order valence-electron chi connectivity index (χ2n) is 16.3. The zero-order valence-corrected chi connectivity index (χ0v) is 33.0. The molecule has 2 aromatic carbocycles. The van der Waals surface area contributed by atoms with Gasteiger partial charge in [0, 0.05) is 82.9 Å². The maximum Gasteiger partial charge on any atom is 0.328 e. The highest BCUT2D eigenvalue weighted by atomic mass is 16.2. The molecule has 5 saturated heterocycles. The lowest BCUT2D eigenvalue weighted by molar-refractivity contribution is -0.120. The quantitative estimate of drug-likeness (QED) is 0.272. The van der Waals surface area contributed by atoms with Crippen LogP contribution in [0.5, 0.6) is 0 Å². The summed E-state index contributed by atoms with van der Waals surface area (Å²) in [6.07, 6.45) is 6.68. The summed E-state index contributed by atoms with van der Waals surface area (Å²) >= 11 is 0. The van der Waals surface area contributed by atoms with Gasteiger partial charge < -0.3 is 35.6 Å². The number of nitrogens with zero attached hydrogens (tertiary/aromatic N) is 9. The van der Waals surface area contributed by atoms with Gasteiger partial charge in [-0.3, -0.25) is 19.8 Å². The molecular formula is C41H54N12O4. The monoisotopic (exact) mass is 778 g/mol. The Morgan fingerprint density at radius 3 is 2.33 bits per heavy atom. The molecule has 0 bridgehead atoms. The molecule has 302 valence electrons. The summed E-state index contributed by atoms with van der Waals surface area (Å²) in [6, 6.07) is 14.4. The van der Waals surface area contributed by atoms with Crippen molar-refractivity contribution in [2.24, 2.45) is 11.7 Å². The molecule has 0 spiro atoms. The first kappa shape index (κ1) is 38.4. The van der Waals surface area contributed by atoms with Gasteiger partial charge in [-0.2, -0.15) is 4.98 Å². The van der Waals surface area contributed by atoms with Gasteiger partial charge in [0.1, 0.15) is 0 Å². The van der Waals surface area contributed by atoms with Crippen molar-refractivity contribution >= 4 is 52.7 Å². The molecule has 57 heavy (non-hydrogen) atoms. The number of aromatic nitrogens is 3. The van der Waals surface area contributed by atoms with Gasteiger partial charge in [0.25, 0.3) is 5.91 Å². The SMILES string of the molecule is Cc1cc(N2CCC(CN3CCC(c4ccc(Nc5nc(N6CCC[C@@H](N7CCN(C)C7=O)C6)nnc5C(N)=O)cc4)CC3)CC2)ccc1N1CCC(=O)NC1=O. The first-order chi connectivity index (χ1) is 27.6. The predicted molar refractivity (Wildman–Crippen MR) is 218 cm³/mol. The van der Waals surface area contributed by atoms with Crippen molar-refractivity contribution in [1.29, 1.82) is 0 Å². The van der Waals surface area contributed by atoms with Gasteiger partial charge >= 0.3 is 12.1 Å². The van der Waals surface area contributed by atoms with Crippen molar-refractivity contribution in [3.05, 3.63) is 59.3 Å². The number of likely N-dealkylation sites (tertiary alicyclic amines) is 1. The van der Waals surface area contributed by atoms with E-state index in [4.69, 9.17) is 10.7 Å². The van der Waals surface area contributed by atoms with Crippen LogP contribution in [0.4, 0.5) is 38.4 Å². The fourth-order valence-electron chi connectivity index (χ4n) is 9.20. The maximum absolute atomic E-state index is 12.7. The third-order valence-electron chi connectivity index (χ3n) is 12.5. The van der Waals surface area contributed by atoms with Crippen LogP contribution in [0.2, 0.25) is 0 Å². The van der Waals surface area contributed by atoms with E-state index in [1.807, 2.05) is 42.0 Å². The Morgan fingerprint density at radius 2 is 1.65 bits per heavy atom. The molecule has 16 heteroatoms. The van der Waals surface area contributed by atoms with E-state index in [1.165, 1.54) is 11.3 Å². The van der Waals surface area contributed by atoms with Crippen molar-refractivity contribution in [1.82, 2.24) is 35.2 Å². The lowest BCUT2D eigenvalue weighted by Crippen LogP contribution is -2.49. The number of aryl methyl sites for hydroxylation is 1. The van der Waals surface area contributed by atoms with Crippen LogP contribution in [0.1, 0.15) is 72.5 Å². The number of nitrogens with two attached hydrogens (primary N) is 1. The Morgan fingerprint density at radius 1 is 0.877 bits per heavy atom. The Kier molecular flexibility index (Phi) is 11.1. The van der Waals surface area contributed by atoms with Crippen LogP contribution in [0.25, 0.3) is 0 Å². The third kappa shape index (κ3) is 8.46. The van der Waals surface area contributed by atoms with Crippen LogP contribution in [-0.2, 0) is 4.79 Å². The number of primary amides is 1. The zero-order chi connectivity index (χ0) is 39.6. The van der Waals surface area contributed by atoms with Crippen LogP contribution >= 0.6 is 0 Å². The number of rotatable bonds is 10. The highest BCUT2D eigenvalue weighted by Crippen LogP contribution is 2.33. The maximum atomic E-state index is 12.7. The highest BCUT2D eigenvalue weighted by Gasteiger charge is 2.35. The minimum atomic E-state index is -0.702. The molecule has 5 aliphatic heterocycles. The van der Waals surface area contributed by atoms with Crippen LogP contribution in [0.3, 0.4) is 0 Å². The normalized spacial score (nSPS) is 21.7. The van der Waals surface area contributed by atoms with Crippen molar-refractivity contribution in [2.45, 2.75) is 63.8 Å². The summed E-state index contributed by atoms with van der Waals surface area (Å²) in [5.74, 6) is 0.924. The van der Waals surface area contributed by atoms with Gasteiger partial charge in [0.15, 0.2) is 11.5 Å². The van der Waals surface area contributed by atoms with Gasteiger partial charge in [-0.15, -0.1) is 10.2 Å². The van der Waals surface area contributed by atoms with Crippen molar-refractivity contribution in [3.8, 4) is 0 Å². The van der Waals surface area contributed by atoms with Gasteiger partial charge in [-0.25, -0.2) is 9.59 Å². The van der Waals surface area contributed by atoms with Crippen LogP contribution in [-0.4, -0.2) is 132 Å². The number of anilines is 5. The molecule has 3 aromatic rings. The highest BCUT2D eigenvalue weighted by molar-refractivity contribution is 6.06. The smallest absolute Gasteiger partial charge is 0.328 e. The number of carbonyl (C=O) groups excluding carboxylic acids is 4. The standard InChI is InChI=1S/C41H54N12O4/c1-27-24-32(9-10-34(27)53-21-15-35(54)44-40(53)56)50-19-11-28(12-20-50)25-49-17-13-30(14-18-49)29-5-7-31(8-6-29)43-38-36(37(42)55)46-47-39(45-38)51-16-3-4-33(26-51)52-23-22-48(2)41(52)57/h5-10,24,28,30,33H,3-4,11-23,25-26H2,1-2H3,(H2,42,55)(H,43,45,47)(H,44,54,56)/t33-/m1/s1. The van der Waals surface area contributed by atoms with E-state index in [-0.39, 0.29) is 35.5 Å². The third-order valence-corrected chi connectivity index (χ3v) is 12.5. The Bertz CT molecular complexity index is 1980. The molecule has 5 fully saturated rings. The molecule has 0 aliphatic carbocycles. The van der Waals surface area contributed by atoms with E-state index in [9.17, 15) is 19.2 Å². The van der Waals surface area contributed by atoms with Crippen molar-refractivity contribution in [3.63, 3.8) is 0 Å². The van der Waals surface area contributed by atoms with E-state index in [2.05, 4.69) is 54.9 Å². The minimum absolute atomic E-state index is 0.0140. The molecule has 0 radical (unpaired) electrons. The number of urea groups is 2. The van der Waals surface area contributed by atoms with E-state index in [0.717, 1.165) is 101 Å². The summed E-state index contributed by atoms with van der Waals surface area (Å²) in [5, 5.41) is 14.1. The minimum Gasteiger partial charge on any atom is -0.372 e. The Balaban J connectivity index is 0.812. The summed E-state index contributed by atoms with van der Waals surface area (Å²) in [7, 11) is 1.83. The number of piperidine rings is 3. The average Bonchev–Trinajstić information content (AvgIpc) is 3.56. The average molecular weight is 779 g/mol. The number of amides is 6. The topological polar surface area (TPSA) is 176 Å².